The Balaban J connectivity index is 0.890. The Labute approximate surface area is 408 Å². The molecular weight excluding hydrogens is 843 g/mol. The molecule has 1 aliphatic carbocycles. The molecule has 12 aromatic carbocycles. The van der Waals surface area contributed by atoms with Gasteiger partial charge in [0.15, 0.2) is 0 Å². The summed E-state index contributed by atoms with van der Waals surface area (Å²) < 4.78 is 2.49. The molecule has 0 atom stereocenters. The molecule has 0 aliphatic heterocycles. The maximum atomic E-state index is 2.49. The van der Waals surface area contributed by atoms with Crippen molar-refractivity contribution in [1.29, 1.82) is 0 Å². The first kappa shape index (κ1) is 40.3. The lowest BCUT2D eigenvalue weighted by atomic mass is 9.81. The molecule has 1 aromatic heterocycles. The van der Waals surface area contributed by atoms with Crippen LogP contribution >= 0.6 is 0 Å². The van der Waals surface area contributed by atoms with Crippen molar-refractivity contribution in [3.8, 4) is 72.4 Å². The number of fused-ring (bicyclic) bond motifs is 9. The monoisotopic (exact) mass is 889 g/mol. The third-order valence-corrected chi connectivity index (χ3v) is 15.4. The number of aromatic nitrogens is 1. The molecule has 0 fully saturated rings. The summed E-state index contributed by atoms with van der Waals surface area (Å²) in [6.07, 6.45) is 0. The second-order valence-corrected chi connectivity index (χ2v) is 19.6. The van der Waals surface area contributed by atoms with Crippen molar-refractivity contribution in [2.24, 2.45) is 0 Å². The lowest BCUT2D eigenvalue weighted by Crippen LogP contribution is -2.15. The molecule has 13 aromatic rings. The van der Waals surface area contributed by atoms with Crippen molar-refractivity contribution in [3.63, 3.8) is 0 Å². The minimum Gasteiger partial charge on any atom is -0.309 e. The summed E-state index contributed by atoms with van der Waals surface area (Å²) in [7, 11) is 0. The van der Waals surface area contributed by atoms with Crippen molar-refractivity contribution in [3.05, 3.63) is 260 Å². The zero-order valence-electron chi connectivity index (χ0n) is 39.1. The van der Waals surface area contributed by atoms with Crippen molar-refractivity contribution in [2.75, 3.05) is 0 Å². The van der Waals surface area contributed by atoms with Crippen LogP contribution in [0.3, 0.4) is 0 Å². The van der Waals surface area contributed by atoms with E-state index in [4.69, 9.17) is 0 Å². The first-order valence-corrected chi connectivity index (χ1v) is 24.5. The molecule has 0 saturated carbocycles. The highest BCUT2D eigenvalue weighted by Gasteiger charge is 2.36. The summed E-state index contributed by atoms with van der Waals surface area (Å²) in [5.74, 6) is 0. The zero-order chi connectivity index (χ0) is 46.5. The number of hydrogen-bond donors (Lipinski definition) is 0. The maximum Gasteiger partial charge on any atom is 0.0541 e. The number of hydrogen-bond acceptors (Lipinski definition) is 0. The normalized spacial score (nSPS) is 12.8. The number of rotatable bonds is 6. The van der Waals surface area contributed by atoms with Gasteiger partial charge in [-0.15, -0.1) is 0 Å². The summed E-state index contributed by atoms with van der Waals surface area (Å²) in [5.41, 5.74) is 21.0. The van der Waals surface area contributed by atoms with E-state index in [1.54, 1.807) is 0 Å². The lowest BCUT2D eigenvalue weighted by molar-refractivity contribution is 0.660. The van der Waals surface area contributed by atoms with E-state index in [0.717, 1.165) is 0 Å². The Bertz CT molecular complexity index is 4040. The van der Waals surface area contributed by atoms with Crippen molar-refractivity contribution in [2.45, 2.75) is 19.3 Å². The quantitative estimate of drug-likeness (QED) is 0.157. The van der Waals surface area contributed by atoms with E-state index < -0.39 is 0 Å². The summed E-state index contributed by atoms with van der Waals surface area (Å²) in [4.78, 5) is 0. The SMILES string of the molecule is CC1(C)c2cc(-c3cccc4ccccc34)ccc2-c2ccc(-n3c4ccc(-c5ccc(-c6cccc7ccccc67)cc5)cc4c4cc(-c5ccc(-c6cccc7ccccc67)cc5)ccc43)cc21. The third-order valence-electron chi connectivity index (χ3n) is 15.4. The van der Waals surface area contributed by atoms with E-state index in [0.29, 0.717) is 0 Å². The summed E-state index contributed by atoms with van der Waals surface area (Å²) >= 11 is 0. The minimum atomic E-state index is -0.198. The molecule has 0 spiro atoms. The van der Waals surface area contributed by atoms with Gasteiger partial charge in [-0.2, -0.15) is 0 Å². The molecular formula is C69H47N. The Morgan fingerprint density at radius 2 is 0.629 bits per heavy atom. The van der Waals surface area contributed by atoms with Crippen LogP contribution in [0.4, 0.5) is 0 Å². The van der Waals surface area contributed by atoms with Gasteiger partial charge < -0.3 is 4.57 Å². The van der Waals surface area contributed by atoms with Crippen LogP contribution in [0.1, 0.15) is 25.0 Å². The second kappa shape index (κ2) is 15.6. The average Bonchev–Trinajstić information content (AvgIpc) is 3.86. The van der Waals surface area contributed by atoms with Crippen LogP contribution in [0.15, 0.2) is 249 Å². The van der Waals surface area contributed by atoms with Gasteiger partial charge in [0, 0.05) is 21.9 Å². The molecule has 0 bridgehead atoms. The smallest absolute Gasteiger partial charge is 0.0541 e. The molecule has 0 amide bonds. The van der Waals surface area contributed by atoms with E-state index in [9.17, 15) is 0 Å². The molecule has 1 aliphatic rings. The largest absolute Gasteiger partial charge is 0.309 e. The predicted molar refractivity (Wildman–Crippen MR) is 298 cm³/mol. The van der Waals surface area contributed by atoms with E-state index in [1.807, 2.05) is 0 Å². The van der Waals surface area contributed by atoms with Gasteiger partial charge in [0.05, 0.1) is 11.0 Å². The van der Waals surface area contributed by atoms with Gasteiger partial charge in [0.2, 0.25) is 0 Å². The van der Waals surface area contributed by atoms with Crippen molar-refractivity contribution < 1.29 is 0 Å². The van der Waals surface area contributed by atoms with Crippen LogP contribution < -0.4 is 0 Å². The first-order valence-electron chi connectivity index (χ1n) is 24.5. The highest BCUT2D eigenvalue weighted by molar-refractivity contribution is 6.12. The molecule has 328 valence electrons. The topological polar surface area (TPSA) is 4.93 Å². The standard InChI is InChI=1S/C69H47N/c1-69(2)65-42-53(60-23-11-17-48-14-5-8-20-57(48)60)32-36-61(65)62-37-35-54(43-66(62)69)70-67-38-33-51(44-24-28-49(29-25-44)58-21-9-15-46-12-3-6-18-55(46)58)40-63(67)64-41-52(34-39-68(64)70)45-26-30-50(31-27-45)59-22-10-16-47-13-4-7-19-56(47)59/h3-43H,1-2H3. The first-order chi connectivity index (χ1) is 34.4. The van der Waals surface area contributed by atoms with Gasteiger partial charge >= 0.3 is 0 Å². The minimum absolute atomic E-state index is 0.198. The van der Waals surface area contributed by atoms with Gasteiger partial charge in [-0.1, -0.05) is 220 Å². The summed E-state index contributed by atoms with van der Waals surface area (Å²) in [5, 5.41) is 10.1. The van der Waals surface area contributed by atoms with E-state index in [-0.39, 0.29) is 5.41 Å². The zero-order valence-corrected chi connectivity index (χ0v) is 39.1. The molecule has 1 nitrogen and oxygen atoms in total. The second-order valence-electron chi connectivity index (χ2n) is 19.6. The van der Waals surface area contributed by atoms with Crippen LogP contribution in [0.2, 0.25) is 0 Å². The van der Waals surface area contributed by atoms with Crippen molar-refractivity contribution in [1.82, 2.24) is 4.57 Å². The summed E-state index contributed by atoms with van der Waals surface area (Å²) in [6, 6.07) is 92.5. The van der Waals surface area contributed by atoms with Crippen LogP contribution in [0, 0.1) is 0 Å². The van der Waals surface area contributed by atoms with E-state index in [2.05, 4.69) is 267 Å². The van der Waals surface area contributed by atoms with Gasteiger partial charge in [-0.3, -0.25) is 0 Å². The number of benzene rings is 12. The molecule has 0 radical (unpaired) electrons. The van der Waals surface area contributed by atoms with Crippen LogP contribution in [0.5, 0.6) is 0 Å². The number of nitrogens with zero attached hydrogens (tertiary/aromatic N) is 1. The van der Waals surface area contributed by atoms with Crippen LogP contribution in [-0.2, 0) is 5.41 Å². The summed E-state index contributed by atoms with van der Waals surface area (Å²) in [6.45, 7) is 4.80. The average molecular weight is 890 g/mol. The molecule has 14 rings (SSSR count). The van der Waals surface area contributed by atoms with Crippen molar-refractivity contribution >= 4 is 54.1 Å². The fourth-order valence-corrected chi connectivity index (χ4v) is 11.8. The van der Waals surface area contributed by atoms with Crippen LogP contribution in [-0.4, -0.2) is 4.57 Å². The molecule has 70 heavy (non-hydrogen) atoms. The van der Waals surface area contributed by atoms with Gasteiger partial charge in [-0.05, 0) is 153 Å². The molecule has 1 heteroatoms. The fourth-order valence-electron chi connectivity index (χ4n) is 11.8. The molecule has 0 N–H and O–H groups in total. The maximum absolute atomic E-state index is 2.49. The highest BCUT2D eigenvalue weighted by Crippen LogP contribution is 2.51. The Kier molecular flexibility index (Phi) is 9.00. The van der Waals surface area contributed by atoms with Crippen LogP contribution in [0.25, 0.3) is 127 Å². The predicted octanol–water partition coefficient (Wildman–Crippen LogP) is 18.9. The van der Waals surface area contributed by atoms with Gasteiger partial charge in [0.25, 0.3) is 0 Å². The fraction of sp³-hybridized carbons (Fsp3) is 0.0435. The van der Waals surface area contributed by atoms with E-state index in [1.165, 1.54) is 138 Å². The Hall–Kier alpha value is -8.78. The molecule has 0 unspecified atom stereocenters. The van der Waals surface area contributed by atoms with Gasteiger partial charge in [-0.25, -0.2) is 0 Å². The highest BCUT2D eigenvalue weighted by atomic mass is 15.0. The van der Waals surface area contributed by atoms with Gasteiger partial charge in [0.1, 0.15) is 0 Å². The third kappa shape index (κ3) is 6.32. The Morgan fingerprint density at radius 1 is 0.257 bits per heavy atom. The lowest BCUT2D eigenvalue weighted by Gasteiger charge is -2.23. The molecule has 0 saturated heterocycles. The Morgan fingerprint density at radius 3 is 1.11 bits per heavy atom. The molecule has 1 heterocycles. The van der Waals surface area contributed by atoms with E-state index >= 15 is 0 Å².